The van der Waals surface area contributed by atoms with Gasteiger partial charge in [-0.25, -0.2) is 15.0 Å². The number of rotatable bonds is 5. The van der Waals surface area contributed by atoms with Gasteiger partial charge in [-0.1, -0.05) is 145 Å². The fourth-order valence-corrected chi connectivity index (χ4v) is 6.62. The number of aromatic nitrogens is 3. The van der Waals surface area contributed by atoms with Crippen molar-refractivity contribution in [3.63, 3.8) is 0 Å². The molecule has 0 radical (unpaired) electrons. The van der Waals surface area contributed by atoms with Crippen molar-refractivity contribution in [2.24, 2.45) is 0 Å². The molecule has 0 bridgehead atoms. The molecule has 9 aromatic rings. The Hall–Kier alpha value is -6.39. The van der Waals surface area contributed by atoms with E-state index >= 15 is 0 Å². The Morgan fingerprint density at radius 1 is 0.417 bits per heavy atom. The summed E-state index contributed by atoms with van der Waals surface area (Å²) in [6.07, 6.45) is 0. The molecule has 0 N–H and O–H groups in total. The number of hydrogen-bond acceptors (Lipinski definition) is 4. The summed E-state index contributed by atoms with van der Waals surface area (Å²) in [7, 11) is 0. The van der Waals surface area contributed by atoms with Crippen LogP contribution in [-0.4, -0.2) is 15.0 Å². The van der Waals surface area contributed by atoms with E-state index in [4.69, 9.17) is 19.4 Å². The number of furan rings is 1. The zero-order valence-electron chi connectivity index (χ0n) is 26.3. The first-order chi connectivity index (χ1) is 23.7. The van der Waals surface area contributed by atoms with E-state index in [0.29, 0.717) is 17.5 Å². The van der Waals surface area contributed by atoms with Gasteiger partial charge in [0.15, 0.2) is 17.5 Å². The van der Waals surface area contributed by atoms with E-state index in [2.05, 4.69) is 104 Å². The number of aryl methyl sites for hydroxylation is 1. The summed E-state index contributed by atoms with van der Waals surface area (Å²) in [5.74, 6) is 1.93. The second kappa shape index (κ2) is 11.4. The summed E-state index contributed by atoms with van der Waals surface area (Å²) in [6, 6.07) is 54.5. The minimum Gasteiger partial charge on any atom is -0.455 e. The molecule has 0 amide bonds. The first-order valence-electron chi connectivity index (χ1n) is 16.1. The lowest BCUT2D eigenvalue weighted by Crippen LogP contribution is -2.00. The molecule has 226 valence electrons. The quantitative estimate of drug-likeness (QED) is 0.193. The average Bonchev–Trinajstić information content (AvgIpc) is 3.55. The highest BCUT2D eigenvalue weighted by molar-refractivity contribution is 6.20. The molecule has 7 aromatic carbocycles. The third kappa shape index (κ3) is 4.91. The van der Waals surface area contributed by atoms with Gasteiger partial charge >= 0.3 is 0 Å². The summed E-state index contributed by atoms with van der Waals surface area (Å²) < 4.78 is 6.57. The molecule has 0 saturated carbocycles. The first-order valence-corrected chi connectivity index (χ1v) is 16.1. The van der Waals surface area contributed by atoms with E-state index in [-0.39, 0.29) is 0 Å². The Kier molecular flexibility index (Phi) is 6.65. The van der Waals surface area contributed by atoms with E-state index in [9.17, 15) is 0 Å². The molecule has 0 fully saturated rings. The lowest BCUT2D eigenvalue weighted by Gasteiger charge is -2.10. The van der Waals surface area contributed by atoms with Gasteiger partial charge in [-0.15, -0.1) is 0 Å². The van der Waals surface area contributed by atoms with Gasteiger partial charge in [0, 0.05) is 33.0 Å². The van der Waals surface area contributed by atoms with Crippen LogP contribution in [-0.2, 0) is 0 Å². The smallest absolute Gasteiger partial charge is 0.164 e. The minimum absolute atomic E-state index is 0.634. The Morgan fingerprint density at radius 3 is 1.67 bits per heavy atom. The van der Waals surface area contributed by atoms with Gasteiger partial charge < -0.3 is 4.42 Å². The predicted molar refractivity (Wildman–Crippen MR) is 197 cm³/mol. The normalized spacial score (nSPS) is 11.4. The maximum absolute atomic E-state index is 6.57. The monoisotopic (exact) mass is 615 g/mol. The Labute approximate surface area is 278 Å². The zero-order chi connectivity index (χ0) is 32.0. The summed E-state index contributed by atoms with van der Waals surface area (Å²) in [4.78, 5) is 14.7. The number of nitrogens with zero attached hydrogens (tertiary/aromatic N) is 3. The van der Waals surface area contributed by atoms with Gasteiger partial charge in [0.1, 0.15) is 11.2 Å². The van der Waals surface area contributed by atoms with Crippen LogP contribution in [0.5, 0.6) is 0 Å². The van der Waals surface area contributed by atoms with Gasteiger partial charge in [0.2, 0.25) is 0 Å². The maximum atomic E-state index is 6.57. The van der Waals surface area contributed by atoms with Gasteiger partial charge in [-0.3, -0.25) is 0 Å². The van der Waals surface area contributed by atoms with Crippen molar-refractivity contribution >= 4 is 32.7 Å². The van der Waals surface area contributed by atoms with Crippen molar-refractivity contribution in [1.29, 1.82) is 0 Å². The Balaban J connectivity index is 1.14. The van der Waals surface area contributed by atoms with Gasteiger partial charge in [-0.05, 0) is 52.6 Å². The molecule has 48 heavy (non-hydrogen) atoms. The number of benzene rings is 7. The highest BCUT2D eigenvalue weighted by atomic mass is 16.3. The van der Waals surface area contributed by atoms with E-state index in [1.54, 1.807) is 0 Å². The third-order valence-electron chi connectivity index (χ3n) is 8.96. The topological polar surface area (TPSA) is 51.8 Å². The highest BCUT2D eigenvalue weighted by Gasteiger charge is 2.16. The fraction of sp³-hybridized carbons (Fsp3) is 0.0227. The van der Waals surface area contributed by atoms with Crippen LogP contribution >= 0.6 is 0 Å². The molecule has 4 nitrogen and oxygen atoms in total. The van der Waals surface area contributed by atoms with E-state index in [0.717, 1.165) is 60.9 Å². The largest absolute Gasteiger partial charge is 0.455 e. The molecule has 4 heteroatoms. The molecule has 0 saturated heterocycles. The Morgan fingerprint density at radius 2 is 0.979 bits per heavy atom. The van der Waals surface area contributed by atoms with Gasteiger partial charge in [0.05, 0.1) is 0 Å². The molecule has 0 atom stereocenters. The van der Waals surface area contributed by atoms with Crippen LogP contribution in [0.25, 0.3) is 89.1 Å². The zero-order valence-corrected chi connectivity index (χ0v) is 26.3. The fourth-order valence-electron chi connectivity index (χ4n) is 6.62. The van der Waals surface area contributed by atoms with Gasteiger partial charge in [-0.2, -0.15) is 0 Å². The predicted octanol–water partition coefficient (Wildman–Crippen LogP) is 11.6. The molecule has 0 unspecified atom stereocenters. The summed E-state index contributed by atoms with van der Waals surface area (Å²) in [6.45, 7) is 2.13. The molecule has 9 rings (SSSR count). The highest BCUT2D eigenvalue weighted by Crippen LogP contribution is 2.40. The summed E-state index contributed by atoms with van der Waals surface area (Å²) in [5, 5.41) is 4.73. The molecular formula is C44H29N3O. The molecule has 0 aliphatic heterocycles. The number of fused-ring (bicyclic) bond motifs is 5. The van der Waals surface area contributed by atoms with Crippen molar-refractivity contribution in [2.75, 3.05) is 0 Å². The third-order valence-corrected chi connectivity index (χ3v) is 8.96. The molecular weight excluding hydrogens is 587 g/mol. The molecule has 2 aromatic heterocycles. The van der Waals surface area contributed by atoms with Crippen molar-refractivity contribution in [2.45, 2.75) is 6.92 Å². The van der Waals surface area contributed by atoms with Crippen LogP contribution < -0.4 is 0 Å². The van der Waals surface area contributed by atoms with E-state index < -0.39 is 0 Å². The molecule has 0 spiro atoms. The second-order valence-electron chi connectivity index (χ2n) is 12.1. The van der Waals surface area contributed by atoms with E-state index in [1.165, 1.54) is 16.3 Å². The molecule has 0 aliphatic rings. The minimum atomic E-state index is 0.634. The lowest BCUT2D eigenvalue weighted by atomic mass is 9.96. The van der Waals surface area contributed by atoms with Crippen molar-refractivity contribution in [1.82, 2.24) is 15.0 Å². The van der Waals surface area contributed by atoms with Crippen LogP contribution in [0.15, 0.2) is 162 Å². The van der Waals surface area contributed by atoms with Crippen molar-refractivity contribution in [3.8, 4) is 56.4 Å². The number of para-hydroxylation sites is 1. The van der Waals surface area contributed by atoms with Crippen LogP contribution in [0.3, 0.4) is 0 Å². The second-order valence-corrected chi connectivity index (χ2v) is 12.1. The standard InChI is InChI=1S/C44H29N3O/c1-28-21-23-36-34(25-28)22-24-39-40(36)38-20-10-19-37(41(38)48-39)33-17-8-15-31(26-33)32-16-9-18-35(27-32)44-46-42(29-11-4-2-5-12-29)45-43(47-44)30-13-6-3-7-14-30/h2-27H,1H3. The summed E-state index contributed by atoms with van der Waals surface area (Å²) >= 11 is 0. The van der Waals surface area contributed by atoms with Gasteiger partial charge in [0.25, 0.3) is 0 Å². The maximum Gasteiger partial charge on any atom is 0.164 e. The Bertz CT molecular complexity index is 2570. The van der Waals surface area contributed by atoms with Crippen LogP contribution in [0.1, 0.15) is 5.56 Å². The SMILES string of the molecule is Cc1ccc2c(ccc3oc4c(-c5cccc(-c6cccc(-c7nc(-c8ccccc8)nc(-c8ccccc8)n7)c6)c5)cccc4c32)c1. The lowest BCUT2D eigenvalue weighted by molar-refractivity contribution is 0.670. The first kappa shape index (κ1) is 27.9. The summed E-state index contributed by atoms with van der Waals surface area (Å²) in [5.41, 5.74) is 10.2. The molecule has 0 aliphatic carbocycles. The van der Waals surface area contributed by atoms with Crippen LogP contribution in [0.2, 0.25) is 0 Å². The molecule has 2 heterocycles. The van der Waals surface area contributed by atoms with Crippen LogP contribution in [0.4, 0.5) is 0 Å². The van der Waals surface area contributed by atoms with Crippen molar-refractivity contribution in [3.05, 3.63) is 163 Å². The van der Waals surface area contributed by atoms with E-state index in [1.807, 2.05) is 60.7 Å². The van der Waals surface area contributed by atoms with Crippen LogP contribution in [0, 0.1) is 6.92 Å². The number of hydrogen-bond donors (Lipinski definition) is 0. The average molecular weight is 616 g/mol. The van der Waals surface area contributed by atoms with Crippen molar-refractivity contribution < 1.29 is 4.42 Å².